The lowest BCUT2D eigenvalue weighted by Gasteiger charge is -2.26. The average Bonchev–Trinajstić information content (AvgIpc) is 2.49. The molecule has 0 saturated carbocycles. The van der Waals surface area contributed by atoms with Gasteiger partial charge >= 0.3 is 0 Å². The molecule has 1 aliphatic heterocycles. The van der Waals surface area contributed by atoms with Crippen LogP contribution in [0.1, 0.15) is 59.3 Å². The summed E-state index contributed by atoms with van der Waals surface area (Å²) >= 11 is 0. The first-order valence-corrected chi connectivity index (χ1v) is 8.97. The molecule has 0 atom stereocenters. The van der Waals surface area contributed by atoms with E-state index in [1.807, 2.05) is 0 Å². The maximum atomic E-state index is 4.59. The van der Waals surface area contributed by atoms with Crippen LogP contribution in [0.4, 0.5) is 0 Å². The number of aliphatic imine (C=N–C) groups is 1. The Hall–Kier alpha value is -0.0400. The predicted octanol–water partition coefficient (Wildman–Crippen LogP) is 3.47. The molecular weight excluding hydrogens is 387 g/mol. The van der Waals surface area contributed by atoms with Crippen LogP contribution >= 0.6 is 24.0 Å². The van der Waals surface area contributed by atoms with Crippen LogP contribution in [0.5, 0.6) is 0 Å². The second-order valence-electron chi connectivity index (χ2n) is 6.50. The Balaban J connectivity index is 0.00000441. The molecule has 22 heavy (non-hydrogen) atoms. The number of nitrogens with zero attached hydrogens (tertiary/aromatic N) is 2. The van der Waals surface area contributed by atoms with Crippen molar-refractivity contribution < 1.29 is 0 Å². The lowest BCUT2D eigenvalue weighted by atomic mass is 10.1. The molecular formula is C17H37IN4. The Morgan fingerprint density at radius 1 is 1.05 bits per heavy atom. The molecule has 0 spiro atoms. The first-order chi connectivity index (χ1) is 10.2. The van der Waals surface area contributed by atoms with E-state index >= 15 is 0 Å². The van der Waals surface area contributed by atoms with Crippen LogP contribution in [-0.4, -0.2) is 50.1 Å². The van der Waals surface area contributed by atoms with Crippen LogP contribution < -0.4 is 10.6 Å². The summed E-state index contributed by atoms with van der Waals surface area (Å²) in [6, 6.07) is 0. The van der Waals surface area contributed by atoms with Gasteiger partial charge in [0.05, 0.1) is 0 Å². The van der Waals surface area contributed by atoms with E-state index in [1.165, 1.54) is 58.2 Å². The van der Waals surface area contributed by atoms with Crippen LogP contribution in [0.15, 0.2) is 4.99 Å². The minimum atomic E-state index is 0. The summed E-state index contributed by atoms with van der Waals surface area (Å²) in [5.74, 6) is 1.59. The molecule has 132 valence electrons. The highest BCUT2D eigenvalue weighted by molar-refractivity contribution is 14.0. The number of guanidine groups is 1. The summed E-state index contributed by atoms with van der Waals surface area (Å²) in [4.78, 5) is 7.22. The molecule has 0 aromatic rings. The quantitative estimate of drug-likeness (QED) is 0.258. The van der Waals surface area contributed by atoms with Gasteiger partial charge in [0.2, 0.25) is 0 Å². The van der Waals surface area contributed by atoms with Gasteiger partial charge in [-0.25, -0.2) is 0 Å². The molecule has 1 fully saturated rings. The van der Waals surface area contributed by atoms with Crippen molar-refractivity contribution in [2.45, 2.75) is 59.3 Å². The molecule has 4 nitrogen and oxygen atoms in total. The fraction of sp³-hybridized carbons (Fsp3) is 0.941. The lowest BCUT2D eigenvalue weighted by Crippen LogP contribution is -2.38. The number of piperidine rings is 1. The Kier molecular flexibility index (Phi) is 14.5. The third-order valence-corrected chi connectivity index (χ3v) is 3.85. The van der Waals surface area contributed by atoms with Gasteiger partial charge in [-0.05, 0) is 58.2 Å². The third kappa shape index (κ3) is 11.5. The van der Waals surface area contributed by atoms with Crippen molar-refractivity contribution in [1.82, 2.24) is 15.5 Å². The van der Waals surface area contributed by atoms with E-state index in [0.717, 1.165) is 25.6 Å². The Labute approximate surface area is 154 Å². The zero-order chi connectivity index (χ0) is 15.3. The van der Waals surface area contributed by atoms with Gasteiger partial charge in [0.1, 0.15) is 0 Å². The summed E-state index contributed by atoms with van der Waals surface area (Å²) < 4.78 is 0. The Morgan fingerprint density at radius 3 is 2.41 bits per heavy atom. The van der Waals surface area contributed by atoms with Gasteiger partial charge in [-0.1, -0.05) is 26.7 Å². The molecule has 0 aromatic carbocycles. The molecule has 2 N–H and O–H groups in total. The fourth-order valence-corrected chi connectivity index (χ4v) is 2.64. The normalized spacial score (nSPS) is 16.5. The zero-order valence-corrected chi connectivity index (χ0v) is 17.2. The number of rotatable bonds is 9. The van der Waals surface area contributed by atoms with Crippen LogP contribution in [0.3, 0.4) is 0 Å². The van der Waals surface area contributed by atoms with Gasteiger partial charge in [-0.15, -0.1) is 24.0 Å². The Morgan fingerprint density at radius 2 is 1.77 bits per heavy atom. The van der Waals surface area contributed by atoms with E-state index in [4.69, 9.17) is 0 Å². The fourth-order valence-electron chi connectivity index (χ4n) is 2.64. The number of nitrogens with one attached hydrogen (secondary N) is 2. The number of likely N-dealkylation sites (tertiary alicyclic amines) is 1. The van der Waals surface area contributed by atoms with Gasteiger partial charge < -0.3 is 15.5 Å². The van der Waals surface area contributed by atoms with Gasteiger partial charge in [0, 0.05) is 19.6 Å². The van der Waals surface area contributed by atoms with E-state index < -0.39 is 0 Å². The number of unbranched alkanes of at least 4 members (excludes halogenated alkanes) is 2. The molecule has 1 aliphatic rings. The minimum absolute atomic E-state index is 0. The highest BCUT2D eigenvalue weighted by Gasteiger charge is 2.08. The molecule has 1 heterocycles. The number of hydrogen-bond acceptors (Lipinski definition) is 2. The molecule has 0 aromatic heterocycles. The van der Waals surface area contributed by atoms with Crippen molar-refractivity contribution in [3.05, 3.63) is 0 Å². The number of halogens is 1. The van der Waals surface area contributed by atoms with Crippen molar-refractivity contribution >= 4 is 29.9 Å². The summed E-state index contributed by atoms with van der Waals surface area (Å²) in [7, 11) is 0. The molecule has 5 heteroatoms. The smallest absolute Gasteiger partial charge is 0.191 e. The summed E-state index contributed by atoms with van der Waals surface area (Å²) in [6.45, 7) is 13.3. The van der Waals surface area contributed by atoms with Crippen molar-refractivity contribution in [1.29, 1.82) is 0 Å². The second kappa shape index (κ2) is 14.5. The molecule has 0 aliphatic carbocycles. The van der Waals surface area contributed by atoms with E-state index in [-0.39, 0.29) is 24.0 Å². The molecule has 1 rings (SSSR count). The minimum Gasteiger partial charge on any atom is -0.357 e. The molecule has 0 bridgehead atoms. The first-order valence-electron chi connectivity index (χ1n) is 8.97. The highest BCUT2D eigenvalue weighted by Crippen LogP contribution is 2.09. The Bertz CT molecular complexity index is 276. The standard InChI is InChI=1S/C17H36N4.HI/c1-4-18-17(20-15-16(2)3)19-11-7-5-8-12-21-13-9-6-10-14-21;/h16H,4-15H2,1-3H3,(H2,18,19,20);1H. The largest absolute Gasteiger partial charge is 0.357 e. The van der Waals surface area contributed by atoms with Gasteiger partial charge in [-0.2, -0.15) is 0 Å². The third-order valence-electron chi connectivity index (χ3n) is 3.85. The first kappa shape index (κ1) is 22.0. The van der Waals surface area contributed by atoms with Crippen LogP contribution in [0, 0.1) is 5.92 Å². The van der Waals surface area contributed by atoms with Crippen molar-refractivity contribution in [3.8, 4) is 0 Å². The molecule has 0 amide bonds. The van der Waals surface area contributed by atoms with Crippen molar-refractivity contribution in [2.24, 2.45) is 10.9 Å². The lowest BCUT2D eigenvalue weighted by molar-refractivity contribution is 0.224. The average molecular weight is 424 g/mol. The van der Waals surface area contributed by atoms with Gasteiger partial charge in [0.25, 0.3) is 0 Å². The van der Waals surface area contributed by atoms with Crippen molar-refractivity contribution in [2.75, 3.05) is 39.3 Å². The van der Waals surface area contributed by atoms with Crippen LogP contribution in [-0.2, 0) is 0 Å². The second-order valence-corrected chi connectivity index (χ2v) is 6.50. The molecule has 0 radical (unpaired) electrons. The SMILES string of the molecule is CCNC(=NCC(C)C)NCCCCCN1CCCCC1.I. The predicted molar refractivity (Wildman–Crippen MR) is 108 cm³/mol. The topological polar surface area (TPSA) is 39.7 Å². The molecule has 1 saturated heterocycles. The van der Waals surface area contributed by atoms with Gasteiger partial charge in [0.15, 0.2) is 5.96 Å². The molecule has 0 unspecified atom stereocenters. The van der Waals surface area contributed by atoms with Crippen molar-refractivity contribution in [3.63, 3.8) is 0 Å². The van der Waals surface area contributed by atoms with Gasteiger partial charge in [-0.3, -0.25) is 4.99 Å². The maximum absolute atomic E-state index is 4.59. The summed E-state index contributed by atoms with van der Waals surface area (Å²) in [6.07, 6.45) is 8.12. The summed E-state index contributed by atoms with van der Waals surface area (Å²) in [5.41, 5.74) is 0. The van der Waals surface area contributed by atoms with E-state index in [9.17, 15) is 0 Å². The highest BCUT2D eigenvalue weighted by atomic mass is 127. The van der Waals surface area contributed by atoms with E-state index in [0.29, 0.717) is 5.92 Å². The maximum Gasteiger partial charge on any atom is 0.191 e. The van der Waals surface area contributed by atoms with E-state index in [2.05, 4.69) is 41.3 Å². The van der Waals surface area contributed by atoms with E-state index in [1.54, 1.807) is 0 Å². The summed E-state index contributed by atoms with van der Waals surface area (Å²) in [5, 5.41) is 6.75. The zero-order valence-electron chi connectivity index (χ0n) is 14.9. The number of hydrogen-bond donors (Lipinski definition) is 2. The van der Waals surface area contributed by atoms with Crippen LogP contribution in [0.2, 0.25) is 0 Å². The van der Waals surface area contributed by atoms with Crippen LogP contribution in [0.25, 0.3) is 0 Å². The monoisotopic (exact) mass is 424 g/mol.